The summed E-state index contributed by atoms with van der Waals surface area (Å²) in [7, 11) is 0. The highest BCUT2D eigenvalue weighted by Crippen LogP contribution is 2.21. The van der Waals surface area contributed by atoms with Crippen molar-refractivity contribution in [3.8, 4) is 0 Å². The molecule has 5 heteroatoms. The molecular weight excluding hydrogens is 330 g/mol. The number of aryl methyl sites for hydroxylation is 1. The van der Waals surface area contributed by atoms with E-state index in [2.05, 4.69) is 48.4 Å². The highest BCUT2D eigenvalue weighted by atomic mass is 32.1. The fraction of sp³-hybridized carbons (Fsp3) is 0.600. The summed E-state index contributed by atoms with van der Waals surface area (Å²) in [4.78, 5) is 14.4. The molecule has 0 bridgehead atoms. The molecule has 0 unspecified atom stereocenters. The normalized spacial score (nSPS) is 15.1. The molecule has 1 amide bonds. The number of likely N-dealkylation sites (tertiary alicyclic amines) is 1. The first-order valence-electron chi connectivity index (χ1n) is 9.42. The molecule has 1 aliphatic heterocycles. The minimum atomic E-state index is 0.126. The van der Waals surface area contributed by atoms with Crippen LogP contribution in [0.5, 0.6) is 0 Å². The summed E-state index contributed by atoms with van der Waals surface area (Å²) in [6.07, 6.45) is 5.17. The molecule has 0 spiro atoms. The SMILES string of the molecule is CCCCCNC(=O)C1CCN(C(=S)Nc2cccc(C)c2C)CC1. The molecule has 1 heterocycles. The Labute approximate surface area is 157 Å². The summed E-state index contributed by atoms with van der Waals surface area (Å²) in [5.41, 5.74) is 3.55. The van der Waals surface area contributed by atoms with Crippen molar-refractivity contribution in [2.45, 2.75) is 52.9 Å². The lowest BCUT2D eigenvalue weighted by Crippen LogP contribution is -2.44. The quantitative estimate of drug-likeness (QED) is 0.593. The molecule has 0 aliphatic carbocycles. The fourth-order valence-corrected chi connectivity index (χ4v) is 3.45. The van der Waals surface area contributed by atoms with E-state index in [1.807, 2.05) is 6.07 Å². The van der Waals surface area contributed by atoms with Gasteiger partial charge in [0.05, 0.1) is 0 Å². The topological polar surface area (TPSA) is 44.4 Å². The van der Waals surface area contributed by atoms with Crippen molar-refractivity contribution >= 4 is 28.9 Å². The molecule has 2 N–H and O–H groups in total. The Hall–Kier alpha value is -1.62. The Morgan fingerprint density at radius 2 is 1.96 bits per heavy atom. The summed E-state index contributed by atoms with van der Waals surface area (Å²) in [6, 6.07) is 6.21. The van der Waals surface area contributed by atoms with Gasteiger partial charge in [0.15, 0.2) is 5.11 Å². The van der Waals surface area contributed by atoms with Gasteiger partial charge in [-0.3, -0.25) is 4.79 Å². The van der Waals surface area contributed by atoms with Crippen LogP contribution >= 0.6 is 12.2 Å². The van der Waals surface area contributed by atoms with Crippen molar-refractivity contribution in [2.24, 2.45) is 5.92 Å². The average molecular weight is 362 g/mol. The second kappa shape index (κ2) is 9.76. The summed E-state index contributed by atoms with van der Waals surface area (Å²) < 4.78 is 0. The van der Waals surface area contributed by atoms with Crippen molar-refractivity contribution in [1.29, 1.82) is 0 Å². The van der Waals surface area contributed by atoms with Crippen molar-refractivity contribution in [1.82, 2.24) is 10.2 Å². The zero-order valence-corrected chi connectivity index (χ0v) is 16.5. The number of nitrogens with zero attached hydrogens (tertiary/aromatic N) is 1. The van der Waals surface area contributed by atoms with Gasteiger partial charge >= 0.3 is 0 Å². The minimum absolute atomic E-state index is 0.126. The Kier molecular flexibility index (Phi) is 7.69. The number of hydrogen-bond acceptors (Lipinski definition) is 2. The lowest BCUT2D eigenvalue weighted by atomic mass is 9.96. The van der Waals surface area contributed by atoms with Gasteiger partial charge in [-0.25, -0.2) is 0 Å². The van der Waals surface area contributed by atoms with Gasteiger partial charge in [0.1, 0.15) is 0 Å². The zero-order valence-electron chi connectivity index (χ0n) is 15.7. The van der Waals surface area contributed by atoms with Crippen LogP contribution in [-0.2, 0) is 4.79 Å². The van der Waals surface area contributed by atoms with Crippen molar-refractivity contribution in [3.05, 3.63) is 29.3 Å². The van der Waals surface area contributed by atoms with E-state index in [9.17, 15) is 4.79 Å². The first-order chi connectivity index (χ1) is 12.0. The maximum Gasteiger partial charge on any atom is 0.223 e. The number of rotatable bonds is 6. The molecule has 1 fully saturated rings. The predicted octanol–water partition coefficient (Wildman–Crippen LogP) is 4.02. The van der Waals surface area contributed by atoms with Crippen LogP contribution in [0.1, 0.15) is 50.2 Å². The van der Waals surface area contributed by atoms with E-state index in [0.29, 0.717) is 0 Å². The molecule has 1 aromatic carbocycles. The number of unbranched alkanes of at least 4 members (excludes halogenated alkanes) is 2. The Morgan fingerprint density at radius 1 is 1.24 bits per heavy atom. The lowest BCUT2D eigenvalue weighted by Gasteiger charge is -2.33. The highest BCUT2D eigenvalue weighted by Gasteiger charge is 2.26. The Bertz CT molecular complexity index is 595. The molecule has 0 saturated carbocycles. The van der Waals surface area contributed by atoms with Crippen LogP contribution in [0.15, 0.2) is 18.2 Å². The number of nitrogens with one attached hydrogen (secondary N) is 2. The van der Waals surface area contributed by atoms with Crippen molar-refractivity contribution < 1.29 is 4.79 Å². The first-order valence-corrected chi connectivity index (χ1v) is 9.83. The van der Waals surface area contributed by atoms with E-state index in [-0.39, 0.29) is 11.8 Å². The Morgan fingerprint density at radius 3 is 2.64 bits per heavy atom. The first kappa shape index (κ1) is 19.7. The van der Waals surface area contributed by atoms with Crippen LogP contribution in [0.25, 0.3) is 0 Å². The second-order valence-electron chi connectivity index (χ2n) is 6.94. The monoisotopic (exact) mass is 361 g/mol. The number of piperidine rings is 1. The molecule has 0 radical (unpaired) electrons. The molecule has 1 aliphatic rings. The van der Waals surface area contributed by atoms with E-state index in [1.54, 1.807) is 0 Å². The summed E-state index contributed by atoms with van der Waals surface area (Å²) in [5, 5.41) is 7.21. The molecule has 4 nitrogen and oxygen atoms in total. The van der Waals surface area contributed by atoms with Crippen molar-refractivity contribution in [3.63, 3.8) is 0 Å². The number of carbonyl (C=O) groups excluding carboxylic acids is 1. The lowest BCUT2D eigenvalue weighted by molar-refractivity contribution is -0.126. The predicted molar refractivity (Wildman–Crippen MR) is 109 cm³/mol. The van der Waals surface area contributed by atoms with E-state index in [1.165, 1.54) is 24.0 Å². The molecule has 1 saturated heterocycles. The number of anilines is 1. The van der Waals surface area contributed by atoms with Gasteiger partial charge in [0.2, 0.25) is 5.91 Å². The van der Waals surface area contributed by atoms with Crippen LogP contribution in [0.2, 0.25) is 0 Å². The molecule has 138 valence electrons. The van der Waals surface area contributed by atoms with Crippen LogP contribution < -0.4 is 10.6 Å². The van der Waals surface area contributed by atoms with Gasteiger partial charge in [0, 0.05) is 31.2 Å². The number of carbonyl (C=O) groups is 1. The van der Waals surface area contributed by atoms with Gasteiger partial charge in [-0.2, -0.15) is 0 Å². The fourth-order valence-electron chi connectivity index (χ4n) is 3.16. The molecule has 0 aromatic heterocycles. The minimum Gasteiger partial charge on any atom is -0.356 e. The molecular formula is C20H31N3OS. The summed E-state index contributed by atoms with van der Waals surface area (Å²) in [5.74, 6) is 0.338. The van der Waals surface area contributed by atoms with E-state index >= 15 is 0 Å². The highest BCUT2D eigenvalue weighted by molar-refractivity contribution is 7.80. The number of amides is 1. The third-order valence-corrected chi connectivity index (χ3v) is 5.44. The Balaban J connectivity index is 1.78. The maximum atomic E-state index is 12.2. The van der Waals surface area contributed by atoms with Crippen LogP contribution in [0, 0.1) is 19.8 Å². The van der Waals surface area contributed by atoms with E-state index < -0.39 is 0 Å². The summed E-state index contributed by atoms with van der Waals surface area (Å²) in [6.45, 7) is 8.86. The zero-order chi connectivity index (χ0) is 18.2. The van der Waals surface area contributed by atoms with Crippen LogP contribution in [0.3, 0.4) is 0 Å². The molecule has 25 heavy (non-hydrogen) atoms. The third-order valence-electron chi connectivity index (χ3n) is 5.08. The van der Waals surface area contributed by atoms with Crippen LogP contribution in [-0.4, -0.2) is 35.6 Å². The molecule has 1 aromatic rings. The molecule has 0 atom stereocenters. The smallest absolute Gasteiger partial charge is 0.223 e. The standard InChI is InChI=1S/C20H31N3OS/c1-4-5-6-12-21-19(24)17-10-13-23(14-11-17)20(25)22-18-9-7-8-15(2)16(18)3/h7-9,17H,4-6,10-14H2,1-3H3,(H,21,24)(H,22,25). The number of hydrogen-bond donors (Lipinski definition) is 2. The third kappa shape index (κ3) is 5.70. The van der Waals surface area contributed by atoms with Gasteiger partial charge in [0.25, 0.3) is 0 Å². The number of benzene rings is 1. The summed E-state index contributed by atoms with van der Waals surface area (Å²) >= 11 is 5.58. The van der Waals surface area contributed by atoms with Gasteiger partial charge < -0.3 is 15.5 Å². The second-order valence-corrected chi connectivity index (χ2v) is 7.32. The van der Waals surface area contributed by atoms with Crippen LogP contribution in [0.4, 0.5) is 5.69 Å². The molecule has 2 rings (SSSR count). The largest absolute Gasteiger partial charge is 0.356 e. The van der Waals surface area contributed by atoms with Crippen molar-refractivity contribution in [2.75, 3.05) is 25.0 Å². The van der Waals surface area contributed by atoms with Gasteiger partial charge in [-0.05, 0) is 62.5 Å². The maximum absolute atomic E-state index is 12.2. The van der Waals surface area contributed by atoms with E-state index in [0.717, 1.165) is 49.7 Å². The van der Waals surface area contributed by atoms with Gasteiger partial charge in [-0.1, -0.05) is 31.9 Å². The van der Waals surface area contributed by atoms with Gasteiger partial charge in [-0.15, -0.1) is 0 Å². The van der Waals surface area contributed by atoms with E-state index in [4.69, 9.17) is 12.2 Å². The average Bonchev–Trinajstić information content (AvgIpc) is 2.62. The number of thiocarbonyl (C=S) groups is 1.